The van der Waals surface area contributed by atoms with Crippen molar-refractivity contribution in [3.8, 4) is 5.75 Å². The number of benzene rings is 1. The van der Waals surface area contributed by atoms with Crippen molar-refractivity contribution < 1.29 is 103 Å². The van der Waals surface area contributed by atoms with Crippen molar-refractivity contribution in [1.29, 1.82) is 0 Å². The quantitative estimate of drug-likeness (QED) is 0.0234. The Balaban J connectivity index is 1.70. The fourth-order valence-electron chi connectivity index (χ4n) is 4.16. The first-order valence-electron chi connectivity index (χ1n) is 19.9. The normalized spacial score (nSPS) is 11.7. The van der Waals surface area contributed by atoms with Crippen LogP contribution in [0.1, 0.15) is 27.2 Å². The second-order valence-electron chi connectivity index (χ2n) is 13.1. The third-order valence-electron chi connectivity index (χ3n) is 6.94. The zero-order chi connectivity index (χ0) is 44.8. The van der Waals surface area contributed by atoms with Gasteiger partial charge in [-0.2, -0.15) is 8.78 Å². The van der Waals surface area contributed by atoms with Gasteiger partial charge in [-0.1, -0.05) is 0 Å². The molecule has 22 heteroatoms. The molecule has 17 nitrogen and oxygen atoms in total. The van der Waals surface area contributed by atoms with Crippen molar-refractivity contribution in [1.82, 2.24) is 0 Å². The van der Waals surface area contributed by atoms with E-state index in [0.29, 0.717) is 139 Å². The molecule has 356 valence electrons. The number of ether oxygens (including phenoxy) is 15. The summed E-state index contributed by atoms with van der Waals surface area (Å²) < 4.78 is 146. The lowest BCUT2D eigenvalue weighted by Gasteiger charge is -2.19. The minimum atomic E-state index is -2.35. The van der Waals surface area contributed by atoms with Crippen molar-refractivity contribution in [2.45, 2.75) is 32.8 Å². The van der Waals surface area contributed by atoms with Crippen LogP contribution in [-0.2, 0) is 75.9 Å². The minimum Gasteiger partial charge on any atom is -0.458 e. The SMILES string of the molecule is CC(C)(C)OC(=O)COCCOCCOCCOCCOCCOCCOCCOCCOCCOCCOCCOCCOCCC(=O)Oc1c(F)c(F)c(F)c(F)c1F. The van der Waals surface area contributed by atoms with E-state index in [-0.39, 0.29) is 33.0 Å². The van der Waals surface area contributed by atoms with Crippen LogP contribution in [0.3, 0.4) is 0 Å². The van der Waals surface area contributed by atoms with Crippen molar-refractivity contribution in [2.75, 3.05) is 172 Å². The van der Waals surface area contributed by atoms with Gasteiger partial charge in [0.1, 0.15) is 12.2 Å². The van der Waals surface area contributed by atoms with Crippen LogP contribution in [0.25, 0.3) is 0 Å². The molecule has 0 aliphatic carbocycles. The average Bonchev–Trinajstić information content (AvgIpc) is 3.22. The van der Waals surface area contributed by atoms with Gasteiger partial charge in [-0.3, -0.25) is 4.79 Å². The molecule has 0 aromatic heterocycles. The zero-order valence-electron chi connectivity index (χ0n) is 35.4. The Hall–Kier alpha value is -2.71. The van der Waals surface area contributed by atoms with Gasteiger partial charge in [-0.15, -0.1) is 0 Å². The summed E-state index contributed by atoms with van der Waals surface area (Å²) in [7, 11) is 0. The van der Waals surface area contributed by atoms with Crippen LogP contribution < -0.4 is 4.74 Å². The smallest absolute Gasteiger partial charge is 0.332 e. The molecule has 61 heavy (non-hydrogen) atoms. The first-order chi connectivity index (χ1) is 29.4. The molecule has 0 spiro atoms. The Morgan fingerprint density at radius 3 is 0.836 bits per heavy atom. The summed E-state index contributed by atoms with van der Waals surface area (Å²) >= 11 is 0. The maximum Gasteiger partial charge on any atom is 0.332 e. The average molecular weight is 899 g/mol. The highest BCUT2D eigenvalue weighted by Gasteiger charge is 2.28. The Kier molecular flexibility index (Phi) is 34.9. The molecule has 0 bridgehead atoms. The van der Waals surface area contributed by atoms with Crippen LogP contribution >= 0.6 is 0 Å². The summed E-state index contributed by atoms with van der Waals surface area (Å²) in [5.41, 5.74) is -0.531. The third kappa shape index (κ3) is 32.6. The van der Waals surface area contributed by atoms with Crippen molar-refractivity contribution in [3.63, 3.8) is 0 Å². The fourth-order valence-corrected chi connectivity index (χ4v) is 4.16. The van der Waals surface area contributed by atoms with E-state index in [4.69, 9.17) is 66.3 Å². The van der Waals surface area contributed by atoms with E-state index in [1.165, 1.54) is 0 Å². The standard InChI is InChI=1S/C39H63F5O17/c1-39(2,3)61-32(46)30-59-29-28-58-27-26-57-25-24-56-23-22-55-21-20-54-19-18-53-17-16-52-15-14-51-13-12-50-11-10-49-9-8-48-7-6-47-5-4-31(45)60-38-36(43)34(41)33(40)35(42)37(38)44/h4-30H2,1-3H3. The van der Waals surface area contributed by atoms with Crippen LogP contribution in [0.15, 0.2) is 0 Å². The Bertz CT molecular complexity index is 1230. The van der Waals surface area contributed by atoms with Crippen LogP contribution in [-0.4, -0.2) is 189 Å². The second kappa shape index (κ2) is 37.8. The predicted octanol–water partition coefficient (Wildman–Crippen LogP) is 3.24. The van der Waals surface area contributed by atoms with Gasteiger partial charge in [0.25, 0.3) is 0 Å². The zero-order valence-corrected chi connectivity index (χ0v) is 35.4. The van der Waals surface area contributed by atoms with E-state index < -0.39 is 58.8 Å². The van der Waals surface area contributed by atoms with E-state index in [2.05, 4.69) is 4.74 Å². The maximum atomic E-state index is 13.6. The van der Waals surface area contributed by atoms with Crippen molar-refractivity contribution in [3.05, 3.63) is 29.1 Å². The van der Waals surface area contributed by atoms with Crippen LogP contribution in [0.4, 0.5) is 22.0 Å². The molecule has 0 aliphatic rings. The number of carbonyl (C=O) groups excluding carboxylic acids is 2. The molecule has 0 radical (unpaired) electrons. The molecule has 0 fully saturated rings. The van der Waals surface area contributed by atoms with Crippen LogP contribution in [0.5, 0.6) is 5.75 Å². The lowest BCUT2D eigenvalue weighted by Crippen LogP contribution is -2.27. The van der Waals surface area contributed by atoms with Crippen molar-refractivity contribution >= 4 is 11.9 Å². The topological polar surface area (TPSA) is 173 Å². The maximum absolute atomic E-state index is 13.6. The lowest BCUT2D eigenvalue weighted by molar-refractivity contribution is -0.160. The van der Waals surface area contributed by atoms with Crippen molar-refractivity contribution in [2.24, 2.45) is 0 Å². The minimum absolute atomic E-state index is 0.0728. The number of carbonyl (C=O) groups is 2. The summed E-state index contributed by atoms with van der Waals surface area (Å²) in [6.07, 6.45) is -0.493. The molecule has 0 heterocycles. The van der Waals surface area contributed by atoms with E-state index in [1.54, 1.807) is 20.8 Å². The van der Waals surface area contributed by atoms with Gasteiger partial charge in [0.05, 0.1) is 172 Å². The molecule has 0 saturated heterocycles. The molecule has 0 unspecified atom stereocenters. The number of halogens is 5. The monoisotopic (exact) mass is 898 g/mol. The molecule has 1 rings (SSSR count). The summed E-state index contributed by atoms with van der Waals surface area (Å²) in [5, 5.41) is 0. The van der Waals surface area contributed by atoms with Gasteiger partial charge < -0.3 is 71.1 Å². The first kappa shape index (κ1) is 56.3. The van der Waals surface area contributed by atoms with Gasteiger partial charge in [-0.25, -0.2) is 18.0 Å². The van der Waals surface area contributed by atoms with Gasteiger partial charge in [-0.05, 0) is 20.8 Å². The molecule has 0 amide bonds. The Labute approximate surface area is 353 Å². The molecule has 1 aromatic carbocycles. The highest BCUT2D eigenvalue weighted by atomic mass is 19.2. The fraction of sp³-hybridized carbons (Fsp3) is 0.795. The number of hydrogen-bond donors (Lipinski definition) is 0. The highest BCUT2D eigenvalue weighted by Crippen LogP contribution is 2.29. The molecule has 0 N–H and O–H groups in total. The summed E-state index contributed by atoms with van der Waals surface area (Å²) in [4.78, 5) is 23.2. The Morgan fingerprint density at radius 2 is 0.574 bits per heavy atom. The number of hydrogen-bond acceptors (Lipinski definition) is 17. The van der Waals surface area contributed by atoms with E-state index in [1.807, 2.05) is 0 Å². The molecular formula is C39H63F5O17. The number of rotatable bonds is 42. The largest absolute Gasteiger partial charge is 0.458 e. The highest BCUT2D eigenvalue weighted by molar-refractivity contribution is 5.72. The summed E-state index contributed by atoms with van der Waals surface area (Å²) in [5.74, 6) is -14.6. The van der Waals surface area contributed by atoms with Gasteiger partial charge >= 0.3 is 11.9 Å². The van der Waals surface area contributed by atoms with E-state index in [9.17, 15) is 31.5 Å². The van der Waals surface area contributed by atoms with E-state index in [0.717, 1.165) is 0 Å². The predicted molar refractivity (Wildman–Crippen MR) is 203 cm³/mol. The van der Waals surface area contributed by atoms with Gasteiger partial charge in [0, 0.05) is 0 Å². The van der Waals surface area contributed by atoms with Gasteiger partial charge in [0.15, 0.2) is 0 Å². The van der Waals surface area contributed by atoms with Crippen LogP contribution in [0.2, 0.25) is 0 Å². The second-order valence-corrected chi connectivity index (χ2v) is 13.1. The molecule has 1 aromatic rings. The molecule has 0 atom stereocenters. The summed E-state index contributed by atoms with van der Waals surface area (Å²) in [6.45, 7) is 14.1. The molecule has 0 aliphatic heterocycles. The van der Waals surface area contributed by atoms with Gasteiger partial charge in [0.2, 0.25) is 34.8 Å². The lowest BCUT2D eigenvalue weighted by atomic mass is 10.2. The first-order valence-corrected chi connectivity index (χ1v) is 19.9. The molecule has 0 saturated carbocycles. The molecular weight excluding hydrogens is 835 g/mol. The van der Waals surface area contributed by atoms with Crippen LogP contribution in [0, 0.1) is 29.1 Å². The Morgan fingerprint density at radius 1 is 0.344 bits per heavy atom. The van der Waals surface area contributed by atoms with E-state index >= 15 is 0 Å². The third-order valence-corrected chi connectivity index (χ3v) is 6.94. The summed E-state index contributed by atoms with van der Waals surface area (Å²) in [6, 6.07) is 0. The number of esters is 2.